The van der Waals surface area contributed by atoms with Crippen LogP contribution in [-0.2, 0) is 0 Å². The molecule has 1 unspecified atom stereocenters. The maximum Gasteiger partial charge on any atom is 0.180 e. The zero-order chi connectivity index (χ0) is 10.7. The average molecular weight is 205 g/mol. The van der Waals surface area contributed by atoms with Gasteiger partial charge in [0.05, 0.1) is 12.2 Å². The van der Waals surface area contributed by atoms with E-state index in [1.807, 2.05) is 0 Å². The smallest absolute Gasteiger partial charge is 0.180 e. The Morgan fingerprint density at radius 1 is 1.53 bits per heavy atom. The minimum atomic E-state index is 0.221. The van der Waals surface area contributed by atoms with Gasteiger partial charge in [0.15, 0.2) is 5.65 Å². The summed E-state index contributed by atoms with van der Waals surface area (Å²) in [6.07, 6.45) is 4.37. The summed E-state index contributed by atoms with van der Waals surface area (Å²) in [5.41, 5.74) is 1.61. The van der Waals surface area contributed by atoms with Crippen LogP contribution in [0.25, 0.3) is 11.2 Å². The van der Waals surface area contributed by atoms with E-state index in [0.29, 0.717) is 0 Å². The largest absolute Gasteiger partial charge is 0.338 e. The Morgan fingerprint density at radius 2 is 2.40 bits per heavy atom. The molecule has 80 valence electrons. The van der Waals surface area contributed by atoms with Gasteiger partial charge < -0.3 is 10.3 Å². The van der Waals surface area contributed by atoms with Gasteiger partial charge >= 0.3 is 0 Å². The highest BCUT2D eigenvalue weighted by Gasteiger charge is 2.09. The first kappa shape index (κ1) is 10.0. The van der Waals surface area contributed by atoms with Crippen molar-refractivity contribution in [3.05, 3.63) is 18.3 Å². The predicted molar refractivity (Wildman–Crippen MR) is 58.4 cm³/mol. The van der Waals surface area contributed by atoms with E-state index in [-0.39, 0.29) is 6.04 Å². The van der Waals surface area contributed by atoms with E-state index in [9.17, 15) is 0 Å². The standard InChI is InChI=1S/C10H15N5/c1-3-4-12-7(2)9-14-8-5-11-6-13-10(8)15-9/h5-7,12H,3-4H2,1-2H3,(H,11,13,14,15). The summed E-state index contributed by atoms with van der Waals surface area (Å²) in [7, 11) is 0. The van der Waals surface area contributed by atoms with Crippen molar-refractivity contribution in [2.45, 2.75) is 26.3 Å². The fourth-order valence-corrected chi connectivity index (χ4v) is 1.44. The Morgan fingerprint density at radius 3 is 3.13 bits per heavy atom. The van der Waals surface area contributed by atoms with Crippen LogP contribution in [0.1, 0.15) is 32.1 Å². The number of fused-ring (bicyclic) bond motifs is 1. The number of hydrogen-bond acceptors (Lipinski definition) is 4. The van der Waals surface area contributed by atoms with E-state index in [0.717, 1.165) is 30.0 Å². The van der Waals surface area contributed by atoms with Gasteiger partial charge in [0, 0.05) is 0 Å². The van der Waals surface area contributed by atoms with Crippen LogP contribution >= 0.6 is 0 Å². The van der Waals surface area contributed by atoms with Crippen LogP contribution < -0.4 is 5.32 Å². The van der Waals surface area contributed by atoms with Crippen molar-refractivity contribution in [1.29, 1.82) is 0 Å². The summed E-state index contributed by atoms with van der Waals surface area (Å²) < 4.78 is 0. The maximum absolute atomic E-state index is 4.40. The van der Waals surface area contributed by atoms with E-state index in [1.165, 1.54) is 6.33 Å². The summed E-state index contributed by atoms with van der Waals surface area (Å²) in [4.78, 5) is 15.6. The van der Waals surface area contributed by atoms with Crippen molar-refractivity contribution < 1.29 is 0 Å². The van der Waals surface area contributed by atoms with Gasteiger partial charge in [-0.2, -0.15) is 0 Å². The van der Waals surface area contributed by atoms with Crippen molar-refractivity contribution in [3.63, 3.8) is 0 Å². The average Bonchev–Trinajstić information content (AvgIpc) is 2.69. The molecule has 2 rings (SSSR count). The lowest BCUT2D eigenvalue weighted by molar-refractivity contribution is 0.550. The molecule has 2 aromatic heterocycles. The molecule has 0 fully saturated rings. The van der Waals surface area contributed by atoms with Crippen LogP contribution in [0, 0.1) is 0 Å². The summed E-state index contributed by atoms with van der Waals surface area (Å²) in [6, 6.07) is 0.221. The molecule has 0 radical (unpaired) electrons. The molecule has 0 saturated carbocycles. The summed E-state index contributed by atoms with van der Waals surface area (Å²) >= 11 is 0. The van der Waals surface area contributed by atoms with Gasteiger partial charge in [-0.15, -0.1) is 0 Å². The molecule has 0 aliphatic carbocycles. The third kappa shape index (κ3) is 2.12. The second-order valence-electron chi connectivity index (χ2n) is 3.56. The molecule has 0 saturated heterocycles. The lowest BCUT2D eigenvalue weighted by Crippen LogP contribution is -2.20. The Hall–Kier alpha value is -1.49. The Kier molecular flexibility index (Phi) is 2.91. The van der Waals surface area contributed by atoms with Gasteiger partial charge in [0.1, 0.15) is 17.7 Å². The molecule has 0 aliphatic rings. The fraction of sp³-hybridized carbons (Fsp3) is 0.500. The highest BCUT2D eigenvalue weighted by atomic mass is 15.1. The minimum absolute atomic E-state index is 0.221. The molecule has 2 N–H and O–H groups in total. The van der Waals surface area contributed by atoms with Crippen molar-refractivity contribution >= 4 is 11.2 Å². The molecule has 0 spiro atoms. The quantitative estimate of drug-likeness (QED) is 0.792. The van der Waals surface area contributed by atoms with Crippen molar-refractivity contribution in [3.8, 4) is 0 Å². The Balaban J connectivity index is 2.20. The van der Waals surface area contributed by atoms with Gasteiger partial charge in [-0.3, -0.25) is 0 Å². The molecule has 5 nitrogen and oxygen atoms in total. The molecule has 15 heavy (non-hydrogen) atoms. The van der Waals surface area contributed by atoms with Gasteiger partial charge in [0.25, 0.3) is 0 Å². The SMILES string of the molecule is CCCNC(C)c1nc2ncncc2[nH]1. The molecule has 0 aliphatic heterocycles. The van der Waals surface area contributed by atoms with Crippen LogP contribution in [0.4, 0.5) is 0 Å². The number of hydrogen-bond donors (Lipinski definition) is 2. The van der Waals surface area contributed by atoms with E-state index in [1.54, 1.807) is 6.20 Å². The monoisotopic (exact) mass is 205 g/mol. The summed E-state index contributed by atoms with van der Waals surface area (Å²) in [5.74, 6) is 0.916. The third-order valence-corrected chi connectivity index (χ3v) is 2.29. The first-order valence-electron chi connectivity index (χ1n) is 5.20. The first-order valence-corrected chi connectivity index (χ1v) is 5.20. The van der Waals surface area contributed by atoms with Crippen LogP contribution in [0.3, 0.4) is 0 Å². The molecule has 5 heteroatoms. The van der Waals surface area contributed by atoms with E-state index < -0.39 is 0 Å². The highest BCUT2D eigenvalue weighted by molar-refractivity contribution is 5.68. The van der Waals surface area contributed by atoms with E-state index in [2.05, 4.69) is 39.1 Å². The van der Waals surface area contributed by atoms with Crippen LogP contribution in [0.15, 0.2) is 12.5 Å². The van der Waals surface area contributed by atoms with Gasteiger partial charge in [0.2, 0.25) is 0 Å². The molecule has 2 aromatic rings. The first-order chi connectivity index (χ1) is 7.31. The van der Waals surface area contributed by atoms with Gasteiger partial charge in [-0.05, 0) is 19.9 Å². The lowest BCUT2D eigenvalue weighted by atomic mass is 10.3. The highest BCUT2D eigenvalue weighted by Crippen LogP contribution is 2.12. The van der Waals surface area contributed by atoms with E-state index in [4.69, 9.17) is 0 Å². The lowest BCUT2D eigenvalue weighted by Gasteiger charge is -2.09. The van der Waals surface area contributed by atoms with Gasteiger partial charge in [-0.25, -0.2) is 15.0 Å². The number of imidazole rings is 1. The van der Waals surface area contributed by atoms with Crippen molar-refractivity contribution in [2.75, 3.05) is 6.54 Å². The van der Waals surface area contributed by atoms with Crippen molar-refractivity contribution in [1.82, 2.24) is 25.3 Å². The maximum atomic E-state index is 4.40. The number of H-pyrrole nitrogens is 1. The molecule has 0 aromatic carbocycles. The van der Waals surface area contributed by atoms with Crippen LogP contribution in [-0.4, -0.2) is 26.5 Å². The zero-order valence-electron chi connectivity index (χ0n) is 8.99. The summed E-state index contributed by atoms with van der Waals surface area (Å²) in [5, 5.41) is 3.37. The number of aromatic amines is 1. The fourth-order valence-electron chi connectivity index (χ4n) is 1.44. The number of nitrogens with one attached hydrogen (secondary N) is 2. The number of aromatic nitrogens is 4. The number of rotatable bonds is 4. The van der Waals surface area contributed by atoms with Gasteiger partial charge in [-0.1, -0.05) is 6.92 Å². The second-order valence-corrected chi connectivity index (χ2v) is 3.56. The molecule has 0 amide bonds. The molecule has 2 heterocycles. The third-order valence-electron chi connectivity index (χ3n) is 2.29. The Bertz CT molecular complexity index is 403. The second kappa shape index (κ2) is 4.35. The van der Waals surface area contributed by atoms with Crippen molar-refractivity contribution in [2.24, 2.45) is 0 Å². The zero-order valence-corrected chi connectivity index (χ0v) is 8.99. The summed E-state index contributed by atoms with van der Waals surface area (Å²) in [6.45, 7) is 5.22. The molecular formula is C10H15N5. The minimum Gasteiger partial charge on any atom is -0.338 e. The molecule has 1 atom stereocenters. The topological polar surface area (TPSA) is 66.5 Å². The Labute approximate surface area is 88.4 Å². The normalized spacial score (nSPS) is 13.2. The van der Waals surface area contributed by atoms with Crippen LogP contribution in [0.2, 0.25) is 0 Å². The molecular weight excluding hydrogens is 190 g/mol. The number of nitrogens with zero attached hydrogens (tertiary/aromatic N) is 3. The molecule has 0 bridgehead atoms. The van der Waals surface area contributed by atoms with E-state index >= 15 is 0 Å². The van der Waals surface area contributed by atoms with Crippen LogP contribution in [0.5, 0.6) is 0 Å². The predicted octanol–water partition coefficient (Wildman–Crippen LogP) is 1.41.